The molecule has 1 rings (SSSR count). The molecule has 0 bridgehead atoms. The van der Waals surface area contributed by atoms with Crippen LogP contribution in [0.25, 0.3) is 0 Å². The molecule has 18 heavy (non-hydrogen) atoms. The van der Waals surface area contributed by atoms with E-state index in [-0.39, 0.29) is 6.54 Å². The molecular weight excluding hydrogens is 238 g/mol. The van der Waals surface area contributed by atoms with Gasteiger partial charge in [-0.05, 0) is 12.1 Å². The Morgan fingerprint density at radius 3 is 2.72 bits per heavy atom. The Morgan fingerprint density at radius 2 is 2.22 bits per heavy atom. The SMILES string of the molecule is CN(Cc1ccccn1)C(=O)N[C@@H](CO)C(=O)O. The highest BCUT2D eigenvalue weighted by Crippen LogP contribution is 1.99. The van der Waals surface area contributed by atoms with Gasteiger partial charge in [0.15, 0.2) is 6.04 Å². The van der Waals surface area contributed by atoms with E-state index in [1.807, 2.05) is 0 Å². The smallest absolute Gasteiger partial charge is 0.328 e. The molecule has 7 heteroatoms. The van der Waals surface area contributed by atoms with Crippen molar-refractivity contribution in [2.24, 2.45) is 0 Å². The molecule has 1 aromatic rings. The quantitative estimate of drug-likeness (QED) is 0.666. The van der Waals surface area contributed by atoms with Crippen LogP contribution in [0.2, 0.25) is 0 Å². The fourth-order valence-electron chi connectivity index (χ4n) is 1.25. The maximum atomic E-state index is 11.6. The van der Waals surface area contributed by atoms with Gasteiger partial charge in [-0.1, -0.05) is 6.07 Å². The number of carbonyl (C=O) groups is 2. The normalized spacial score (nSPS) is 11.7. The Morgan fingerprint density at radius 1 is 1.50 bits per heavy atom. The van der Waals surface area contributed by atoms with Gasteiger partial charge in [-0.3, -0.25) is 4.98 Å². The summed E-state index contributed by atoms with van der Waals surface area (Å²) in [5, 5.41) is 19.7. The maximum Gasteiger partial charge on any atom is 0.328 e. The fraction of sp³-hybridized carbons (Fsp3) is 0.364. The van der Waals surface area contributed by atoms with E-state index < -0.39 is 24.6 Å². The Kier molecular flexibility index (Phi) is 5.06. The second-order valence-corrected chi connectivity index (χ2v) is 3.70. The summed E-state index contributed by atoms with van der Waals surface area (Å²) in [6.07, 6.45) is 1.61. The third kappa shape index (κ3) is 4.02. The lowest BCUT2D eigenvalue weighted by Crippen LogP contribution is -2.48. The van der Waals surface area contributed by atoms with E-state index in [9.17, 15) is 9.59 Å². The predicted octanol–water partition coefficient (Wildman–Crippen LogP) is -0.332. The molecule has 1 atom stereocenters. The lowest BCUT2D eigenvalue weighted by atomic mass is 10.3. The van der Waals surface area contributed by atoms with Crippen LogP contribution in [0, 0.1) is 0 Å². The minimum absolute atomic E-state index is 0.254. The molecule has 0 unspecified atom stereocenters. The van der Waals surface area contributed by atoms with Crippen LogP contribution in [-0.4, -0.2) is 51.8 Å². The number of urea groups is 1. The zero-order valence-electron chi connectivity index (χ0n) is 9.91. The van der Waals surface area contributed by atoms with Crippen molar-refractivity contribution in [2.45, 2.75) is 12.6 Å². The van der Waals surface area contributed by atoms with E-state index in [0.29, 0.717) is 5.69 Å². The summed E-state index contributed by atoms with van der Waals surface area (Å²) in [7, 11) is 1.51. The van der Waals surface area contributed by atoms with Gasteiger partial charge < -0.3 is 20.4 Å². The third-order valence-electron chi connectivity index (χ3n) is 2.25. The molecule has 0 radical (unpaired) electrons. The van der Waals surface area contributed by atoms with Crippen molar-refractivity contribution in [3.8, 4) is 0 Å². The van der Waals surface area contributed by atoms with Crippen molar-refractivity contribution in [2.75, 3.05) is 13.7 Å². The molecule has 0 aromatic carbocycles. The number of amides is 2. The second-order valence-electron chi connectivity index (χ2n) is 3.70. The Balaban J connectivity index is 2.54. The number of hydrogen-bond acceptors (Lipinski definition) is 4. The first-order chi connectivity index (χ1) is 8.54. The number of hydrogen-bond donors (Lipinski definition) is 3. The van der Waals surface area contributed by atoms with Crippen LogP contribution in [0.1, 0.15) is 5.69 Å². The monoisotopic (exact) mass is 253 g/mol. The van der Waals surface area contributed by atoms with E-state index in [1.54, 1.807) is 24.4 Å². The highest BCUT2D eigenvalue weighted by Gasteiger charge is 2.20. The van der Waals surface area contributed by atoms with Crippen LogP contribution in [0.4, 0.5) is 4.79 Å². The molecule has 0 aliphatic heterocycles. The summed E-state index contributed by atoms with van der Waals surface area (Å²) < 4.78 is 0. The second kappa shape index (κ2) is 6.55. The van der Waals surface area contributed by atoms with Gasteiger partial charge in [-0.2, -0.15) is 0 Å². The van der Waals surface area contributed by atoms with Crippen LogP contribution in [-0.2, 0) is 11.3 Å². The van der Waals surface area contributed by atoms with Gasteiger partial charge in [-0.15, -0.1) is 0 Å². The Bertz CT molecular complexity index is 410. The van der Waals surface area contributed by atoms with Gasteiger partial charge in [0.05, 0.1) is 18.8 Å². The molecule has 3 N–H and O–H groups in total. The van der Waals surface area contributed by atoms with Crippen LogP contribution >= 0.6 is 0 Å². The largest absolute Gasteiger partial charge is 0.480 e. The minimum Gasteiger partial charge on any atom is -0.480 e. The number of aliphatic hydroxyl groups is 1. The van der Waals surface area contributed by atoms with Gasteiger partial charge in [0.1, 0.15) is 0 Å². The van der Waals surface area contributed by atoms with Crippen LogP contribution in [0.3, 0.4) is 0 Å². The molecule has 0 aliphatic carbocycles. The summed E-state index contributed by atoms with van der Waals surface area (Å²) >= 11 is 0. The number of pyridine rings is 1. The minimum atomic E-state index is -1.30. The van der Waals surface area contributed by atoms with E-state index in [0.717, 1.165) is 0 Å². The number of rotatable bonds is 5. The number of aliphatic carboxylic acids is 1. The van der Waals surface area contributed by atoms with E-state index >= 15 is 0 Å². The zero-order chi connectivity index (χ0) is 13.5. The molecule has 0 fully saturated rings. The number of carbonyl (C=O) groups excluding carboxylic acids is 1. The van der Waals surface area contributed by atoms with Crippen LogP contribution in [0.15, 0.2) is 24.4 Å². The summed E-state index contributed by atoms with van der Waals surface area (Å²) in [5.41, 5.74) is 0.686. The molecular formula is C11H15N3O4. The first kappa shape index (κ1) is 13.9. The first-order valence-corrected chi connectivity index (χ1v) is 5.29. The average molecular weight is 253 g/mol. The molecule has 7 nitrogen and oxygen atoms in total. The zero-order valence-corrected chi connectivity index (χ0v) is 9.91. The van der Waals surface area contributed by atoms with Gasteiger partial charge in [0.2, 0.25) is 0 Å². The molecule has 0 saturated heterocycles. The van der Waals surface area contributed by atoms with E-state index in [4.69, 9.17) is 10.2 Å². The summed E-state index contributed by atoms with van der Waals surface area (Å²) in [5.74, 6) is -1.28. The molecule has 1 heterocycles. The molecule has 0 aliphatic rings. The lowest BCUT2D eigenvalue weighted by Gasteiger charge is -2.20. The number of nitrogens with one attached hydrogen (secondary N) is 1. The maximum absolute atomic E-state index is 11.6. The number of carboxylic acid groups (broad SMARTS) is 1. The fourth-order valence-corrected chi connectivity index (χ4v) is 1.25. The van der Waals surface area contributed by atoms with Crippen molar-refractivity contribution in [3.63, 3.8) is 0 Å². The number of carboxylic acids is 1. The average Bonchev–Trinajstić information content (AvgIpc) is 2.36. The van der Waals surface area contributed by atoms with E-state index in [1.165, 1.54) is 11.9 Å². The van der Waals surface area contributed by atoms with Crippen molar-refractivity contribution >= 4 is 12.0 Å². The summed E-state index contributed by atoms with van der Waals surface area (Å²) in [6, 6.07) is 3.42. The molecule has 98 valence electrons. The van der Waals surface area contributed by atoms with Crippen molar-refractivity contribution in [1.82, 2.24) is 15.2 Å². The van der Waals surface area contributed by atoms with Gasteiger partial charge >= 0.3 is 12.0 Å². The van der Waals surface area contributed by atoms with Gasteiger partial charge in [0, 0.05) is 13.2 Å². The number of aromatic nitrogens is 1. The molecule has 1 aromatic heterocycles. The van der Waals surface area contributed by atoms with Crippen LogP contribution in [0.5, 0.6) is 0 Å². The molecule has 0 spiro atoms. The van der Waals surface area contributed by atoms with Gasteiger partial charge in [0.25, 0.3) is 0 Å². The number of aliphatic hydroxyl groups excluding tert-OH is 1. The summed E-state index contributed by atoms with van der Waals surface area (Å²) in [4.78, 5) is 27.6. The topological polar surface area (TPSA) is 103 Å². The molecule has 2 amide bonds. The van der Waals surface area contributed by atoms with Crippen molar-refractivity contribution in [1.29, 1.82) is 0 Å². The predicted molar refractivity (Wildman–Crippen MR) is 62.7 cm³/mol. The van der Waals surface area contributed by atoms with Crippen LogP contribution < -0.4 is 5.32 Å². The van der Waals surface area contributed by atoms with Crippen molar-refractivity contribution in [3.05, 3.63) is 30.1 Å². The molecule has 0 saturated carbocycles. The highest BCUT2D eigenvalue weighted by atomic mass is 16.4. The van der Waals surface area contributed by atoms with Gasteiger partial charge in [-0.25, -0.2) is 9.59 Å². The Labute approximate surface area is 104 Å². The number of nitrogens with zero attached hydrogens (tertiary/aromatic N) is 2. The van der Waals surface area contributed by atoms with E-state index in [2.05, 4.69) is 10.3 Å². The highest BCUT2D eigenvalue weighted by molar-refractivity contribution is 5.82. The third-order valence-corrected chi connectivity index (χ3v) is 2.25. The van der Waals surface area contributed by atoms with Crippen molar-refractivity contribution < 1.29 is 19.8 Å². The Hall–Kier alpha value is -2.15. The standard InChI is InChI=1S/C11H15N3O4/c1-14(6-8-4-2-3-5-12-8)11(18)13-9(7-15)10(16)17/h2-5,9,15H,6-7H2,1H3,(H,13,18)(H,16,17)/t9-/m0/s1. The first-order valence-electron chi connectivity index (χ1n) is 5.29. The summed E-state index contributed by atoms with van der Waals surface area (Å²) in [6.45, 7) is -0.400. The lowest BCUT2D eigenvalue weighted by molar-refractivity contribution is -0.140.